The number of hydrogen-bond acceptors (Lipinski definition) is 2. The zero-order chi connectivity index (χ0) is 10.8. The fourth-order valence-corrected chi connectivity index (χ4v) is 1.44. The van der Waals surface area contributed by atoms with Gasteiger partial charge in [-0.3, -0.25) is 0 Å². The lowest BCUT2D eigenvalue weighted by Gasteiger charge is -1.97. The average molecular weight is 184 g/mol. The second-order valence-electron chi connectivity index (χ2n) is 2.49. The molecule has 0 fully saturated rings. The zero-order valence-electron chi connectivity index (χ0n) is 8.61. The normalized spacial score (nSPS) is 13.1. The van der Waals surface area contributed by atoms with Crippen LogP contribution >= 0.6 is 0 Å². The first-order valence-electron chi connectivity index (χ1n) is 4.34. The monoisotopic (exact) mass is 184 g/mol. The van der Waals surface area contributed by atoms with E-state index in [1.54, 1.807) is 12.1 Å². The highest BCUT2D eigenvalue weighted by Gasteiger charge is 2.04. The maximum absolute atomic E-state index is 11.1. The molecule has 64 valence electrons. The van der Waals surface area contributed by atoms with Gasteiger partial charge >= 0.3 is 0 Å². The first-order valence-corrected chi connectivity index (χ1v) is 5.24. The van der Waals surface area contributed by atoms with Crippen molar-refractivity contribution in [3.63, 3.8) is 0 Å². The van der Waals surface area contributed by atoms with Gasteiger partial charge in [-0.1, -0.05) is 24.7 Å². The van der Waals surface area contributed by atoms with Crippen molar-refractivity contribution < 1.29 is 11.2 Å². The smallest absolute Gasteiger partial charge is 0.175 e. The van der Waals surface area contributed by atoms with Gasteiger partial charge in [0.25, 0.3) is 0 Å². The molecule has 1 aromatic rings. The van der Waals surface area contributed by atoms with Crippen molar-refractivity contribution in [2.24, 2.45) is 0 Å². The van der Waals surface area contributed by atoms with E-state index >= 15 is 0 Å². The van der Waals surface area contributed by atoms with Crippen LogP contribution in [0.3, 0.4) is 0 Å². The predicted octanol–water partition coefficient (Wildman–Crippen LogP) is 1.73. The molecule has 0 N–H and O–H groups in total. The first kappa shape index (κ1) is 6.43. The summed E-state index contributed by atoms with van der Waals surface area (Å²) in [6.45, 7) is -0.308. The Hall–Kier alpha value is -1.09. The molecule has 12 heavy (non-hydrogen) atoms. The van der Waals surface area contributed by atoms with Crippen LogP contribution in [0.25, 0.3) is 6.08 Å². The van der Waals surface area contributed by atoms with Crippen LogP contribution in [-0.4, -0.2) is 14.7 Å². The van der Waals surface area contributed by atoms with Crippen LogP contribution in [0.15, 0.2) is 35.7 Å². The summed E-state index contributed by atoms with van der Waals surface area (Å²) in [5.41, 5.74) is 0.650. The van der Waals surface area contributed by atoms with Gasteiger partial charge in [0.05, 0.1) is 7.64 Å². The third-order valence-corrected chi connectivity index (χ3v) is 2.60. The van der Waals surface area contributed by atoms with Gasteiger partial charge in [-0.15, -0.1) is 0 Å². The Labute approximate surface area is 75.3 Å². The van der Waals surface area contributed by atoms with E-state index in [2.05, 4.69) is 0 Å². The van der Waals surface area contributed by atoms with Crippen molar-refractivity contribution in [3.05, 3.63) is 36.4 Å². The molecule has 1 aromatic carbocycles. The molecular weight excluding hydrogens is 172 g/mol. The zero-order valence-corrected chi connectivity index (χ0v) is 7.43. The summed E-state index contributed by atoms with van der Waals surface area (Å²) in [4.78, 5) is 0.242. The average Bonchev–Trinajstić information content (AvgIpc) is 2.02. The topological polar surface area (TPSA) is 34.1 Å². The molecule has 3 heteroatoms. The van der Waals surface area contributed by atoms with Crippen LogP contribution in [-0.2, 0) is 9.84 Å². The van der Waals surface area contributed by atoms with E-state index in [4.69, 9.17) is 2.74 Å². The molecule has 0 bridgehead atoms. The van der Waals surface area contributed by atoms with Gasteiger partial charge in [0.1, 0.15) is 0 Å². The van der Waals surface area contributed by atoms with E-state index in [0.717, 1.165) is 6.26 Å². The molecule has 2 nitrogen and oxygen atoms in total. The van der Waals surface area contributed by atoms with Crippen molar-refractivity contribution in [1.29, 1.82) is 0 Å². The number of benzene rings is 1. The Morgan fingerprint density at radius 3 is 2.42 bits per heavy atom. The highest BCUT2D eigenvalue weighted by molar-refractivity contribution is 7.90. The lowest BCUT2D eigenvalue weighted by atomic mass is 10.2. The van der Waals surface area contributed by atoms with Crippen LogP contribution in [0, 0.1) is 0 Å². The highest BCUT2D eigenvalue weighted by Crippen LogP contribution is 2.10. The Balaban J connectivity index is 3.08. The van der Waals surface area contributed by atoms with Crippen molar-refractivity contribution in [2.45, 2.75) is 4.90 Å². The standard InChI is InChI=1S/C9H10O2S/c1-3-8-4-6-9(7-5-8)12(2,10)11/h3-7H,1H2,2H3/i1D2. The number of rotatable bonds is 2. The maximum Gasteiger partial charge on any atom is 0.175 e. The number of sulfone groups is 1. The maximum atomic E-state index is 11.1. The minimum absolute atomic E-state index is 0.242. The minimum atomic E-state index is -3.16. The van der Waals surface area contributed by atoms with Crippen LogP contribution in [0.1, 0.15) is 8.30 Å². The lowest BCUT2D eigenvalue weighted by Crippen LogP contribution is -1.95. The predicted molar refractivity (Wildman–Crippen MR) is 49.6 cm³/mol. The summed E-state index contributed by atoms with van der Waals surface area (Å²) >= 11 is 0. The summed E-state index contributed by atoms with van der Waals surface area (Å²) in [7, 11) is -3.16. The fourth-order valence-electron chi connectivity index (χ4n) is 0.811. The van der Waals surface area contributed by atoms with Gasteiger partial charge in [-0.2, -0.15) is 0 Å². The van der Waals surface area contributed by atoms with Crippen LogP contribution < -0.4 is 0 Å². The van der Waals surface area contributed by atoms with Crippen LogP contribution in [0.4, 0.5) is 0 Å². The summed E-state index contributed by atoms with van der Waals surface area (Å²) in [6, 6.07) is 6.06. The molecular formula is C9H10O2S. The number of hydrogen-bond donors (Lipinski definition) is 0. The summed E-state index contributed by atoms with van der Waals surface area (Å²) < 4.78 is 36.0. The quantitative estimate of drug-likeness (QED) is 0.701. The van der Waals surface area contributed by atoms with Gasteiger partial charge in [0.15, 0.2) is 9.84 Å². The lowest BCUT2D eigenvalue weighted by molar-refractivity contribution is 0.602. The Bertz CT molecular complexity index is 442. The third-order valence-electron chi connectivity index (χ3n) is 1.47. The van der Waals surface area contributed by atoms with Gasteiger partial charge in [-0.25, -0.2) is 8.42 Å². The van der Waals surface area contributed by atoms with Crippen LogP contribution in [0.5, 0.6) is 0 Å². The van der Waals surface area contributed by atoms with E-state index in [9.17, 15) is 8.42 Å². The molecule has 0 saturated carbocycles. The van der Waals surface area contributed by atoms with Gasteiger partial charge in [0, 0.05) is 6.26 Å². The minimum Gasteiger partial charge on any atom is -0.224 e. The molecule has 0 amide bonds. The molecule has 0 aromatic heterocycles. The molecule has 0 saturated heterocycles. The molecule has 0 aliphatic rings. The van der Waals surface area contributed by atoms with Crippen molar-refractivity contribution in [1.82, 2.24) is 0 Å². The fraction of sp³-hybridized carbons (Fsp3) is 0.111. The molecule has 1 rings (SSSR count). The van der Waals surface area contributed by atoms with Crippen molar-refractivity contribution >= 4 is 15.9 Å². The molecule has 0 radical (unpaired) electrons. The van der Waals surface area contributed by atoms with E-state index in [-0.39, 0.29) is 11.4 Å². The third kappa shape index (κ3) is 1.95. The molecule has 0 atom stereocenters. The molecule has 0 spiro atoms. The summed E-state index contributed by atoms with van der Waals surface area (Å²) in [5, 5.41) is 0. The second kappa shape index (κ2) is 3.11. The van der Waals surface area contributed by atoms with Gasteiger partial charge in [-0.05, 0) is 17.7 Å². The van der Waals surface area contributed by atoms with Gasteiger partial charge < -0.3 is 0 Å². The SMILES string of the molecule is [2H]C([2H])=Cc1ccc(S(C)(=O)=O)cc1. The van der Waals surface area contributed by atoms with E-state index in [1.807, 2.05) is 0 Å². The van der Waals surface area contributed by atoms with E-state index < -0.39 is 9.84 Å². The Kier molecular flexibility index (Phi) is 1.67. The first-order chi connectivity index (χ1) is 6.39. The van der Waals surface area contributed by atoms with E-state index in [0.29, 0.717) is 5.56 Å². The molecule has 0 aliphatic carbocycles. The van der Waals surface area contributed by atoms with Crippen molar-refractivity contribution in [3.8, 4) is 0 Å². The Morgan fingerprint density at radius 1 is 1.42 bits per heavy atom. The second-order valence-corrected chi connectivity index (χ2v) is 4.50. The molecule has 0 aliphatic heterocycles. The molecule has 0 heterocycles. The van der Waals surface area contributed by atoms with Crippen LogP contribution in [0.2, 0.25) is 0 Å². The van der Waals surface area contributed by atoms with Gasteiger partial charge in [0.2, 0.25) is 0 Å². The largest absolute Gasteiger partial charge is 0.224 e. The summed E-state index contributed by atoms with van der Waals surface area (Å²) in [5.74, 6) is 0. The summed E-state index contributed by atoms with van der Waals surface area (Å²) in [6.07, 6.45) is 2.48. The molecule has 0 unspecified atom stereocenters. The van der Waals surface area contributed by atoms with Crippen molar-refractivity contribution in [2.75, 3.05) is 6.26 Å². The Morgan fingerprint density at radius 2 is 2.00 bits per heavy atom. The highest BCUT2D eigenvalue weighted by atomic mass is 32.2. The van der Waals surface area contributed by atoms with E-state index in [1.165, 1.54) is 18.2 Å².